The summed E-state index contributed by atoms with van der Waals surface area (Å²) in [6, 6.07) is 15.5. The van der Waals surface area contributed by atoms with E-state index in [-0.39, 0.29) is 24.8 Å². The van der Waals surface area contributed by atoms with Gasteiger partial charge in [-0.1, -0.05) is 49.2 Å². The molecule has 180 valence electrons. The van der Waals surface area contributed by atoms with Gasteiger partial charge in [0.1, 0.15) is 0 Å². The number of ether oxygens (including phenoxy) is 2. The van der Waals surface area contributed by atoms with E-state index < -0.39 is 0 Å². The summed E-state index contributed by atoms with van der Waals surface area (Å²) in [5, 5.41) is 7.34. The Balaban J connectivity index is 0.00000256. The SMILES string of the molecule is COc1ccc2c(c1OC)CCC(NCCCCCCNCCc1ccccc1)C2.Cl.Cl. The predicted molar refractivity (Wildman–Crippen MR) is 139 cm³/mol. The molecule has 0 heterocycles. The fourth-order valence-electron chi connectivity index (χ4n) is 4.39. The van der Waals surface area contributed by atoms with Crippen molar-refractivity contribution in [3.05, 3.63) is 59.2 Å². The molecule has 1 atom stereocenters. The Bertz CT molecular complexity index is 759. The zero-order valence-corrected chi connectivity index (χ0v) is 21.2. The zero-order valence-electron chi connectivity index (χ0n) is 19.5. The van der Waals surface area contributed by atoms with Crippen LogP contribution in [0.3, 0.4) is 0 Å². The first-order valence-electron chi connectivity index (χ1n) is 11.5. The Morgan fingerprint density at radius 3 is 2.31 bits per heavy atom. The molecule has 1 aliphatic rings. The molecule has 32 heavy (non-hydrogen) atoms. The number of rotatable bonds is 13. The van der Waals surface area contributed by atoms with Crippen LogP contribution in [-0.2, 0) is 19.3 Å². The van der Waals surface area contributed by atoms with E-state index in [1.807, 2.05) is 6.07 Å². The second kappa shape index (κ2) is 16.2. The van der Waals surface area contributed by atoms with Crippen LogP contribution in [0.4, 0.5) is 0 Å². The highest BCUT2D eigenvalue weighted by Gasteiger charge is 2.23. The standard InChI is InChI=1S/C26H38N2O2.2ClH/c1-29-25-15-12-22-20-23(13-14-24(22)26(25)30-2)28-18-9-4-3-8-17-27-19-16-21-10-6-5-7-11-21;;/h5-7,10-12,15,23,27-28H,3-4,8-9,13-14,16-20H2,1-2H3;2*1H. The maximum Gasteiger partial charge on any atom is 0.164 e. The minimum atomic E-state index is 0. The van der Waals surface area contributed by atoms with E-state index in [1.165, 1.54) is 48.8 Å². The van der Waals surface area contributed by atoms with Crippen molar-refractivity contribution >= 4 is 24.8 Å². The monoisotopic (exact) mass is 482 g/mol. The highest BCUT2D eigenvalue weighted by molar-refractivity contribution is 5.85. The third kappa shape index (κ3) is 8.82. The lowest BCUT2D eigenvalue weighted by atomic mass is 9.87. The lowest BCUT2D eigenvalue weighted by Crippen LogP contribution is -2.35. The molecule has 3 rings (SSSR count). The smallest absolute Gasteiger partial charge is 0.164 e. The molecule has 0 amide bonds. The fourth-order valence-corrected chi connectivity index (χ4v) is 4.39. The Hall–Kier alpha value is -1.46. The molecule has 0 saturated carbocycles. The van der Waals surface area contributed by atoms with Crippen molar-refractivity contribution in [2.24, 2.45) is 0 Å². The highest BCUT2D eigenvalue weighted by atomic mass is 35.5. The van der Waals surface area contributed by atoms with Crippen molar-refractivity contribution in [2.75, 3.05) is 33.9 Å². The molecule has 0 spiro atoms. The number of halogens is 2. The third-order valence-electron chi connectivity index (χ3n) is 6.10. The van der Waals surface area contributed by atoms with Gasteiger partial charge >= 0.3 is 0 Å². The van der Waals surface area contributed by atoms with Crippen LogP contribution in [0.5, 0.6) is 11.5 Å². The van der Waals surface area contributed by atoms with E-state index in [0.717, 1.165) is 50.4 Å². The molecule has 1 unspecified atom stereocenters. The minimum absolute atomic E-state index is 0. The number of methoxy groups -OCH3 is 2. The van der Waals surface area contributed by atoms with E-state index in [0.29, 0.717) is 6.04 Å². The summed E-state index contributed by atoms with van der Waals surface area (Å²) >= 11 is 0. The average Bonchev–Trinajstić information content (AvgIpc) is 2.80. The van der Waals surface area contributed by atoms with Crippen molar-refractivity contribution in [1.29, 1.82) is 0 Å². The van der Waals surface area contributed by atoms with Crippen molar-refractivity contribution < 1.29 is 9.47 Å². The van der Waals surface area contributed by atoms with Crippen LogP contribution in [0.25, 0.3) is 0 Å². The molecule has 0 bridgehead atoms. The van der Waals surface area contributed by atoms with Gasteiger partial charge in [-0.2, -0.15) is 0 Å². The molecule has 6 heteroatoms. The molecule has 0 aromatic heterocycles. The molecule has 2 aromatic carbocycles. The quantitative estimate of drug-likeness (QED) is 0.375. The molecule has 1 aliphatic carbocycles. The van der Waals surface area contributed by atoms with Crippen LogP contribution in [0.2, 0.25) is 0 Å². The Morgan fingerprint density at radius 1 is 0.844 bits per heavy atom. The fraction of sp³-hybridized carbons (Fsp3) is 0.538. The number of nitrogens with one attached hydrogen (secondary N) is 2. The first-order valence-corrected chi connectivity index (χ1v) is 11.5. The van der Waals surface area contributed by atoms with Crippen molar-refractivity contribution in [3.8, 4) is 11.5 Å². The summed E-state index contributed by atoms with van der Waals surface area (Å²) in [6.45, 7) is 3.32. The summed E-state index contributed by atoms with van der Waals surface area (Å²) < 4.78 is 11.0. The van der Waals surface area contributed by atoms with E-state index >= 15 is 0 Å². The molecule has 0 saturated heterocycles. The van der Waals surface area contributed by atoms with Gasteiger partial charge in [0.15, 0.2) is 11.5 Å². The van der Waals surface area contributed by atoms with Crippen molar-refractivity contribution in [1.82, 2.24) is 10.6 Å². The van der Waals surface area contributed by atoms with E-state index in [1.54, 1.807) is 14.2 Å². The molecule has 2 N–H and O–H groups in total. The molecule has 0 aliphatic heterocycles. The zero-order chi connectivity index (χ0) is 21.0. The number of benzene rings is 2. The summed E-state index contributed by atoms with van der Waals surface area (Å²) in [4.78, 5) is 0. The maximum absolute atomic E-state index is 5.60. The van der Waals surface area contributed by atoms with Crippen molar-refractivity contribution in [2.45, 2.75) is 57.4 Å². The van der Waals surface area contributed by atoms with Gasteiger partial charge in [0.05, 0.1) is 14.2 Å². The molecule has 2 aromatic rings. The maximum atomic E-state index is 5.60. The number of fused-ring (bicyclic) bond motifs is 1. The van der Waals surface area contributed by atoms with Gasteiger partial charge in [-0.05, 0) is 75.4 Å². The van der Waals surface area contributed by atoms with Crippen LogP contribution < -0.4 is 20.1 Å². The number of unbranched alkanes of at least 4 members (excludes halogenated alkanes) is 3. The van der Waals surface area contributed by atoms with Gasteiger partial charge < -0.3 is 20.1 Å². The van der Waals surface area contributed by atoms with E-state index in [2.05, 4.69) is 47.0 Å². The summed E-state index contributed by atoms with van der Waals surface area (Å²) in [5.74, 6) is 1.77. The van der Waals surface area contributed by atoms with Gasteiger partial charge in [0.2, 0.25) is 0 Å². The predicted octanol–water partition coefficient (Wildman–Crippen LogP) is 5.39. The lowest BCUT2D eigenvalue weighted by Gasteiger charge is -2.27. The third-order valence-corrected chi connectivity index (χ3v) is 6.10. The van der Waals surface area contributed by atoms with Gasteiger partial charge in [-0.15, -0.1) is 24.8 Å². The average molecular weight is 484 g/mol. The van der Waals surface area contributed by atoms with Gasteiger partial charge in [-0.3, -0.25) is 0 Å². The highest BCUT2D eigenvalue weighted by Crippen LogP contribution is 2.37. The van der Waals surface area contributed by atoms with Crippen molar-refractivity contribution in [3.63, 3.8) is 0 Å². The topological polar surface area (TPSA) is 42.5 Å². The number of hydrogen-bond acceptors (Lipinski definition) is 4. The second-order valence-corrected chi connectivity index (χ2v) is 8.23. The Kier molecular flexibility index (Phi) is 14.5. The van der Waals surface area contributed by atoms with Crippen LogP contribution in [-0.4, -0.2) is 39.9 Å². The molecular weight excluding hydrogens is 443 g/mol. The first-order chi connectivity index (χ1) is 14.8. The minimum Gasteiger partial charge on any atom is -0.493 e. The van der Waals surface area contributed by atoms with Crippen LogP contribution >= 0.6 is 24.8 Å². The summed E-state index contributed by atoms with van der Waals surface area (Å²) in [5.41, 5.74) is 4.15. The first kappa shape index (κ1) is 28.6. The molecule has 0 radical (unpaired) electrons. The van der Waals surface area contributed by atoms with Crippen LogP contribution in [0.15, 0.2) is 42.5 Å². The Labute approximate surface area is 206 Å². The van der Waals surface area contributed by atoms with Gasteiger partial charge in [0, 0.05) is 11.6 Å². The molecule has 0 fully saturated rings. The largest absolute Gasteiger partial charge is 0.493 e. The molecular formula is C26H40Cl2N2O2. The van der Waals surface area contributed by atoms with E-state index in [4.69, 9.17) is 9.47 Å². The summed E-state index contributed by atoms with van der Waals surface area (Å²) in [6.07, 6.45) is 9.58. The van der Waals surface area contributed by atoms with Gasteiger partial charge in [-0.25, -0.2) is 0 Å². The Morgan fingerprint density at radius 2 is 1.59 bits per heavy atom. The van der Waals surface area contributed by atoms with Gasteiger partial charge in [0.25, 0.3) is 0 Å². The number of hydrogen-bond donors (Lipinski definition) is 2. The van der Waals surface area contributed by atoms with E-state index in [9.17, 15) is 0 Å². The summed E-state index contributed by atoms with van der Waals surface area (Å²) in [7, 11) is 3.44. The lowest BCUT2D eigenvalue weighted by molar-refractivity contribution is 0.346. The van der Waals surface area contributed by atoms with Crippen LogP contribution in [0.1, 0.15) is 48.8 Å². The second-order valence-electron chi connectivity index (χ2n) is 8.23. The molecule has 4 nitrogen and oxygen atoms in total. The van der Waals surface area contributed by atoms with Crippen LogP contribution in [0, 0.1) is 0 Å². The normalized spacial score (nSPS) is 14.6.